The van der Waals surface area contributed by atoms with E-state index in [0.29, 0.717) is 35.7 Å². The zero-order valence-electron chi connectivity index (χ0n) is 18.6. The smallest absolute Gasteiger partial charge is 0.254 e. The SMILES string of the molecule is COc1cc2c(cc1OC)[C@@H](C(=O)NCc1ccccn1)[C@H]1c3ccccc3CCN1C2=O. The predicted octanol–water partition coefficient (Wildman–Crippen LogP) is 3.25. The number of methoxy groups -OCH3 is 2. The van der Waals surface area contributed by atoms with Crippen LogP contribution in [-0.4, -0.2) is 42.5 Å². The second-order valence-corrected chi connectivity index (χ2v) is 8.20. The van der Waals surface area contributed by atoms with Crippen molar-refractivity contribution >= 4 is 11.8 Å². The van der Waals surface area contributed by atoms with E-state index in [1.807, 2.05) is 41.3 Å². The van der Waals surface area contributed by atoms with Gasteiger partial charge in [-0.15, -0.1) is 0 Å². The first-order valence-corrected chi connectivity index (χ1v) is 10.9. The van der Waals surface area contributed by atoms with E-state index in [1.54, 1.807) is 25.4 Å². The molecular weight excluding hydrogens is 418 g/mol. The van der Waals surface area contributed by atoms with E-state index >= 15 is 0 Å². The molecule has 3 heterocycles. The summed E-state index contributed by atoms with van der Waals surface area (Å²) in [6, 6.07) is 16.7. The number of carbonyl (C=O) groups is 2. The fourth-order valence-electron chi connectivity index (χ4n) is 4.92. The summed E-state index contributed by atoms with van der Waals surface area (Å²) in [6.45, 7) is 0.861. The minimum Gasteiger partial charge on any atom is -0.493 e. The molecule has 0 bridgehead atoms. The summed E-state index contributed by atoms with van der Waals surface area (Å²) in [6.07, 6.45) is 2.45. The zero-order valence-corrected chi connectivity index (χ0v) is 18.6. The van der Waals surface area contributed by atoms with Crippen molar-refractivity contribution in [2.45, 2.75) is 24.9 Å². The molecule has 0 aliphatic carbocycles. The molecule has 1 N–H and O–H groups in total. The number of fused-ring (bicyclic) bond motifs is 4. The van der Waals surface area contributed by atoms with Crippen molar-refractivity contribution in [2.24, 2.45) is 0 Å². The highest BCUT2D eigenvalue weighted by Crippen LogP contribution is 2.48. The van der Waals surface area contributed by atoms with Crippen LogP contribution in [0.25, 0.3) is 0 Å². The van der Waals surface area contributed by atoms with Crippen molar-refractivity contribution in [1.82, 2.24) is 15.2 Å². The van der Waals surface area contributed by atoms with E-state index in [4.69, 9.17) is 9.47 Å². The maximum Gasteiger partial charge on any atom is 0.254 e. The normalized spacial score (nSPS) is 18.6. The van der Waals surface area contributed by atoms with Gasteiger partial charge in [0, 0.05) is 18.3 Å². The van der Waals surface area contributed by atoms with Crippen molar-refractivity contribution in [3.8, 4) is 11.5 Å². The number of hydrogen-bond donors (Lipinski definition) is 1. The summed E-state index contributed by atoms with van der Waals surface area (Å²) in [5.41, 5.74) is 4.06. The molecule has 7 heteroatoms. The van der Waals surface area contributed by atoms with Crippen molar-refractivity contribution in [3.63, 3.8) is 0 Å². The van der Waals surface area contributed by atoms with Crippen molar-refractivity contribution in [2.75, 3.05) is 20.8 Å². The lowest BCUT2D eigenvalue weighted by atomic mass is 9.75. The minimum absolute atomic E-state index is 0.0979. The van der Waals surface area contributed by atoms with Crippen LogP contribution >= 0.6 is 0 Å². The number of benzene rings is 2. The Hall–Kier alpha value is -3.87. The number of amides is 2. The molecule has 1 aromatic heterocycles. The first kappa shape index (κ1) is 21.0. The van der Waals surface area contributed by atoms with Gasteiger partial charge in [0.25, 0.3) is 5.91 Å². The van der Waals surface area contributed by atoms with Gasteiger partial charge in [-0.05, 0) is 47.4 Å². The molecule has 33 heavy (non-hydrogen) atoms. The third-order valence-electron chi connectivity index (χ3n) is 6.48. The van der Waals surface area contributed by atoms with Gasteiger partial charge >= 0.3 is 0 Å². The van der Waals surface area contributed by atoms with Crippen LogP contribution in [-0.2, 0) is 17.8 Å². The van der Waals surface area contributed by atoms with Crippen LogP contribution in [0.1, 0.15) is 44.7 Å². The molecule has 5 rings (SSSR count). The van der Waals surface area contributed by atoms with Crippen molar-refractivity contribution in [1.29, 1.82) is 0 Å². The van der Waals surface area contributed by atoms with Crippen molar-refractivity contribution < 1.29 is 19.1 Å². The molecule has 0 radical (unpaired) electrons. The standard InChI is InChI=1S/C26H25N3O4/c1-32-21-13-19-20(14-22(21)33-2)26(31)29-12-10-16-7-3-4-9-18(16)24(29)23(19)25(30)28-15-17-8-5-6-11-27-17/h3-9,11,13-14,23-24H,10,12,15H2,1-2H3,(H,28,30)/t23-,24-/m1/s1. The molecular formula is C26H25N3O4. The number of hydrogen-bond acceptors (Lipinski definition) is 5. The van der Waals surface area contributed by atoms with Gasteiger partial charge in [0.2, 0.25) is 5.91 Å². The van der Waals surface area contributed by atoms with E-state index < -0.39 is 12.0 Å². The Morgan fingerprint density at radius 3 is 2.58 bits per heavy atom. The van der Waals surface area contributed by atoms with Crippen LogP contribution < -0.4 is 14.8 Å². The summed E-state index contributed by atoms with van der Waals surface area (Å²) in [7, 11) is 3.09. The largest absolute Gasteiger partial charge is 0.493 e. The summed E-state index contributed by atoms with van der Waals surface area (Å²) in [5, 5.41) is 3.04. The van der Waals surface area contributed by atoms with E-state index in [1.165, 1.54) is 7.11 Å². The number of nitrogens with one attached hydrogen (secondary N) is 1. The van der Waals surface area contributed by atoms with Crippen LogP contribution in [0.3, 0.4) is 0 Å². The molecule has 2 amide bonds. The first-order chi connectivity index (χ1) is 16.1. The molecule has 2 atom stereocenters. The average Bonchev–Trinajstić information content (AvgIpc) is 2.87. The second-order valence-electron chi connectivity index (χ2n) is 8.20. The lowest BCUT2D eigenvalue weighted by Gasteiger charge is -2.45. The Morgan fingerprint density at radius 1 is 1.06 bits per heavy atom. The fraction of sp³-hybridized carbons (Fsp3) is 0.269. The minimum atomic E-state index is -0.595. The second kappa shape index (κ2) is 8.58. The molecule has 2 aromatic carbocycles. The Morgan fingerprint density at radius 2 is 1.82 bits per heavy atom. The van der Waals surface area contributed by atoms with E-state index in [9.17, 15) is 9.59 Å². The van der Waals surface area contributed by atoms with Crippen LogP contribution in [0.5, 0.6) is 11.5 Å². The molecule has 0 saturated heterocycles. The van der Waals surface area contributed by atoms with Crippen LogP contribution in [0.4, 0.5) is 0 Å². The van der Waals surface area contributed by atoms with Gasteiger partial charge in [-0.2, -0.15) is 0 Å². The molecule has 7 nitrogen and oxygen atoms in total. The highest BCUT2D eigenvalue weighted by Gasteiger charge is 2.46. The van der Waals surface area contributed by atoms with Crippen LogP contribution in [0.2, 0.25) is 0 Å². The first-order valence-electron chi connectivity index (χ1n) is 10.9. The monoisotopic (exact) mass is 443 g/mol. The van der Waals surface area contributed by atoms with Crippen LogP contribution in [0.15, 0.2) is 60.8 Å². The Labute approximate surface area is 192 Å². The molecule has 0 unspecified atom stereocenters. The quantitative estimate of drug-likeness (QED) is 0.655. The lowest BCUT2D eigenvalue weighted by Crippen LogP contribution is -2.50. The lowest BCUT2D eigenvalue weighted by molar-refractivity contribution is -0.124. The maximum atomic E-state index is 13.7. The molecule has 0 spiro atoms. The number of pyridine rings is 1. The molecule has 3 aromatic rings. The third-order valence-corrected chi connectivity index (χ3v) is 6.48. The zero-order chi connectivity index (χ0) is 22.9. The van der Waals surface area contributed by atoms with Gasteiger partial charge in [-0.3, -0.25) is 14.6 Å². The molecule has 0 fully saturated rings. The van der Waals surface area contributed by atoms with Gasteiger partial charge in [-0.25, -0.2) is 0 Å². The maximum absolute atomic E-state index is 13.7. The fourth-order valence-corrected chi connectivity index (χ4v) is 4.92. The van der Waals surface area contributed by atoms with Gasteiger partial charge in [-0.1, -0.05) is 30.3 Å². The molecule has 2 aliphatic heterocycles. The third kappa shape index (κ3) is 3.59. The molecule has 2 aliphatic rings. The number of carbonyl (C=O) groups excluding carboxylic acids is 2. The van der Waals surface area contributed by atoms with E-state index in [-0.39, 0.29) is 11.8 Å². The highest BCUT2D eigenvalue weighted by atomic mass is 16.5. The van der Waals surface area contributed by atoms with Gasteiger partial charge in [0.15, 0.2) is 11.5 Å². The van der Waals surface area contributed by atoms with Gasteiger partial charge in [0.1, 0.15) is 0 Å². The summed E-state index contributed by atoms with van der Waals surface area (Å²) < 4.78 is 10.9. The Kier molecular flexibility index (Phi) is 5.46. The van der Waals surface area contributed by atoms with Crippen molar-refractivity contribution in [3.05, 3.63) is 88.7 Å². The number of nitrogens with zero attached hydrogens (tertiary/aromatic N) is 2. The summed E-state index contributed by atoms with van der Waals surface area (Å²) in [5.74, 6) is 0.104. The van der Waals surface area contributed by atoms with Gasteiger partial charge in [0.05, 0.1) is 38.4 Å². The summed E-state index contributed by atoms with van der Waals surface area (Å²) in [4.78, 5) is 33.4. The molecule has 168 valence electrons. The van der Waals surface area contributed by atoms with Crippen LogP contribution in [0, 0.1) is 0 Å². The number of ether oxygens (including phenoxy) is 2. The summed E-state index contributed by atoms with van der Waals surface area (Å²) >= 11 is 0. The Bertz CT molecular complexity index is 1210. The predicted molar refractivity (Wildman–Crippen MR) is 122 cm³/mol. The number of rotatable bonds is 5. The van der Waals surface area contributed by atoms with E-state index in [0.717, 1.165) is 23.2 Å². The number of aromatic nitrogens is 1. The highest BCUT2D eigenvalue weighted by molar-refractivity contribution is 6.02. The van der Waals surface area contributed by atoms with E-state index in [2.05, 4.69) is 16.4 Å². The molecule has 0 saturated carbocycles. The van der Waals surface area contributed by atoms with Gasteiger partial charge < -0.3 is 19.7 Å². The topological polar surface area (TPSA) is 80.8 Å². The Balaban J connectivity index is 1.62. The average molecular weight is 444 g/mol.